The molecule has 27 heavy (non-hydrogen) atoms. The van der Waals surface area contributed by atoms with Crippen LogP contribution in [0, 0.1) is 0 Å². The molecule has 0 aliphatic rings. The molecular formula is C21H16N4O2. The average Bonchev–Trinajstić information content (AvgIpc) is 3.12. The van der Waals surface area contributed by atoms with E-state index in [9.17, 15) is 4.79 Å². The molecule has 2 aromatic carbocycles. The number of carbonyl (C=O) groups is 1. The molecule has 0 spiro atoms. The predicted octanol–water partition coefficient (Wildman–Crippen LogP) is 4.54. The lowest BCUT2D eigenvalue weighted by atomic mass is 10.2. The largest absolute Gasteiger partial charge is 0.437 e. The molecule has 0 saturated heterocycles. The number of aromatic amines is 1. The number of benzene rings is 2. The Balaban J connectivity index is 1.58. The molecule has 0 radical (unpaired) electrons. The number of nitrogens with zero attached hydrogens (tertiary/aromatic N) is 2. The topological polar surface area (TPSA) is 79.9 Å². The van der Waals surface area contributed by atoms with E-state index in [1.807, 2.05) is 36.4 Å². The van der Waals surface area contributed by atoms with Gasteiger partial charge in [0.1, 0.15) is 11.3 Å². The number of carbonyl (C=O) groups excluding carboxylic acids is 1. The Labute approximate surface area is 155 Å². The number of hydrogen-bond acceptors (Lipinski definition) is 4. The number of aromatic nitrogens is 3. The zero-order valence-electron chi connectivity index (χ0n) is 14.3. The van der Waals surface area contributed by atoms with Crippen LogP contribution in [0.3, 0.4) is 0 Å². The normalized spacial score (nSPS) is 10.5. The summed E-state index contributed by atoms with van der Waals surface area (Å²) < 4.78 is 5.79. The first-order valence-electron chi connectivity index (χ1n) is 8.34. The maximum Gasteiger partial charge on any atom is 0.247 e. The van der Waals surface area contributed by atoms with Gasteiger partial charge in [-0.05, 0) is 29.8 Å². The van der Waals surface area contributed by atoms with E-state index < -0.39 is 0 Å². The highest BCUT2D eigenvalue weighted by Gasteiger charge is 2.08. The van der Waals surface area contributed by atoms with Gasteiger partial charge >= 0.3 is 0 Å². The van der Waals surface area contributed by atoms with Crippen LogP contribution in [0.25, 0.3) is 22.4 Å². The number of H-pyrrole nitrogens is 1. The van der Waals surface area contributed by atoms with Gasteiger partial charge in [0.05, 0.1) is 6.20 Å². The molecule has 0 bridgehead atoms. The van der Waals surface area contributed by atoms with E-state index in [4.69, 9.17) is 4.74 Å². The van der Waals surface area contributed by atoms with Gasteiger partial charge in [0, 0.05) is 17.4 Å². The Morgan fingerprint density at radius 2 is 1.96 bits per heavy atom. The summed E-state index contributed by atoms with van der Waals surface area (Å²) >= 11 is 0. The molecule has 2 heterocycles. The first-order valence-corrected chi connectivity index (χ1v) is 8.34. The fraction of sp³-hybridized carbons (Fsp3) is 0. The monoisotopic (exact) mass is 356 g/mol. The molecule has 0 atom stereocenters. The Kier molecular flexibility index (Phi) is 4.37. The van der Waals surface area contributed by atoms with E-state index in [0.717, 1.165) is 11.3 Å². The van der Waals surface area contributed by atoms with Crippen molar-refractivity contribution in [3.63, 3.8) is 0 Å². The Hall–Kier alpha value is -3.93. The molecule has 0 unspecified atom stereocenters. The molecule has 0 aliphatic carbocycles. The van der Waals surface area contributed by atoms with Gasteiger partial charge in [-0.25, -0.2) is 9.97 Å². The summed E-state index contributed by atoms with van der Waals surface area (Å²) in [5, 5.41) is 2.69. The van der Waals surface area contributed by atoms with Gasteiger partial charge in [-0.1, -0.05) is 43.0 Å². The van der Waals surface area contributed by atoms with Gasteiger partial charge in [-0.3, -0.25) is 4.79 Å². The number of ether oxygens (including phenoxy) is 1. The summed E-state index contributed by atoms with van der Waals surface area (Å²) in [6.07, 6.45) is 2.77. The molecule has 0 saturated carbocycles. The van der Waals surface area contributed by atoms with Gasteiger partial charge < -0.3 is 15.0 Å². The third-order valence-corrected chi connectivity index (χ3v) is 3.91. The lowest BCUT2D eigenvalue weighted by Gasteiger charge is -2.07. The third kappa shape index (κ3) is 3.69. The van der Waals surface area contributed by atoms with Crippen molar-refractivity contribution >= 4 is 22.8 Å². The fourth-order valence-corrected chi connectivity index (χ4v) is 2.66. The summed E-state index contributed by atoms with van der Waals surface area (Å²) in [6.45, 7) is 3.44. The molecule has 0 aliphatic heterocycles. The average molecular weight is 356 g/mol. The molecule has 4 aromatic rings. The van der Waals surface area contributed by atoms with Crippen LogP contribution in [0.15, 0.2) is 79.5 Å². The van der Waals surface area contributed by atoms with Crippen LogP contribution in [0.5, 0.6) is 11.6 Å². The van der Waals surface area contributed by atoms with Crippen molar-refractivity contribution in [1.29, 1.82) is 0 Å². The van der Waals surface area contributed by atoms with Gasteiger partial charge in [-0.2, -0.15) is 0 Å². The number of anilines is 1. The molecule has 2 aromatic heterocycles. The maximum absolute atomic E-state index is 11.4. The standard InChI is InChI=1S/C21H16N4O2/c1-2-19(26)23-15-9-6-10-16(11-15)27-20-13-22-21-18(24-20)12-17(25-21)14-7-4-3-5-8-14/h2-13H,1H2,(H,22,25)(H,23,26). The Morgan fingerprint density at radius 1 is 1.11 bits per heavy atom. The zero-order valence-corrected chi connectivity index (χ0v) is 14.3. The maximum atomic E-state index is 11.4. The number of hydrogen-bond donors (Lipinski definition) is 2. The van der Waals surface area contributed by atoms with E-state index in [2.05, 4.69) is 26.8 Å². The molecule has 6 heteroatoms. The van der Waals surface area contributed by atoms with Crippen molar-refractivity contribution in [2.24, 2.45) is 0 Å². The van der Waals surface area contributed by atoms with Crippen LogP contribution < -0.4 is 10.1 Å². The SMILES string of the molecule is C=CC(=O)Nc1cccc(Oc2cnc3[nH]c(-c4ccccc4)cc3n2)c1. The highest BCUT2D eigenvalue weighted by atomic mass is 16.5. The van der Waals surface area contributed by atoms with E-state index in [-0.39, 0.29) is 5.91 Å². The third-order valence-electron chi connectivity index (χ3n) is 3.91. The number of fused-ring (bicyclic) bond motifs is 1. The van der Waals surface area contributed by atoms with Crippen molar-refractivity contribution in [3.05, 3.63) is 79.5 Å². The van der Waals surface area contributed by atoms with Crippen LogP contribution in [-0.4, -0.2) is 20.9 Å². The quantitative estimate of drug-likeness (QED) is 0.515. The first kappa shape index (κ1) is 16.5. The molecule has 0 fully saturated rings. The zero-order chi connectivity index (χ0) is 18.6. The van der Waals surface area contributed by atoms with Crippen molar-refractivity contribution < 1.29 is 9.53 Å². The summed E-state index contributed by atoms with van der Waals surface area (Å²) in [7, 11) is 0. The molecule has 6 nitrogen and oxygen atoms in total. The summed E-state index contributed by atoms with van der Waals surface area (Å²) in [5.74, 6) is 0.631. The first-order chi connectivity index (χ1) is 13.2. The lowest BCUT2D eigenvalue weighted by Crippen LogP contribution is -2.07. The van der Waals surface area contributed by atoms with Crippen molar-refractivity contribution in [1.82, 2.24) is 15.0 Å². The summed E-state index contributed by atoms with van der Waals surface area (Å²) in [5.41, 5.74) is 4.01. The van der Waals surface area contributed by atoms with Crippen molar-refractivity contribution in [2.75, 3.05) is 5.32 Å². The van der Waals surface area contributed by atoms with Gasteiger partial charge in [-0.15, -0.1) is 0 Å². The Bertz CT molecular complexity index is 1120. The predicted molar refractivity (Wildman–Crippen MR) is 105 cm³/mol. The highest BCUT2D eigenvalue weighted by Crippen LogP contribution is 2.26. The van der Waals surface area contributed by atoms with Crippen LogP contribution in [-0.2, 0) is 4.79 Å². The van der Waals surface area contributed by atoms with Crippen molar-refractivity contribution in [2.45, 2.75) is 0 Å². The number of rotatable bonds is 5. The summed E-state index contributed by atoms with van der Waals surface area (Å²) in [4.78, 5) is 23.6. The smallest absolute Gasteiger partial charge is 0.247 e. The van der Waals surface area contributed by atoms with Gasteiger partial charge in [0.25, 0.3) is 0 Å². The minimum Gasteiger partial charge on any atom is -0.437 e. The van der Waals surface area contributed by atoms with Crippen LogP contribution >= 0.6 is 0 Å². The highest BCUT2D eigenvalue weighted by molar-refractivity contribution is 5.98. The summed E-state index contributed by atoms with van der Waals surface area (Å²) in [6, 6.07) is 18.9. The minimum absolute atomic E-state index is 0.283. The van der Waals surface area contributed by atoms with Crippen LogP contribution in [0.2, 0.25) is 0 Å². The second kappa shape index (κ2) is 7.13. The molecular weight excluding hydrogens is 340 g/mol. The lowest BCUT2D eigenvalue weighted by molar-refractivity contribution is -0.111. The minimum atomic E-state index is -0.283. The van der Waals surface area contributed by atoms with Gasteiger partial charge in [0.2, 0.25) is 11.8 Å². The molecule has 2 N–H and O–H groups in total. The second-order valence-corrected chi connectivity index (χ2v) is 5.81. The van der Waals surface area contributed by atoms with Crippen LogP contribution in [0.1, 0.15) is 0 Å². The molecule has 4 rings (SSSR count). The Morgan fingerprint density at radius 3 is 2.78 bits per heavy atom. The van der Waals surface area contributed by atoms with E-state index in [0.29, 0.717) is 28.5 Å². The van der Waals surface area contributed by atoms with Crippen molar-refractivity contribution in [3.8, 4) is 22.9 Å². The molecule has 1 amide bonds. The number of amides is 1. The van der Waals surface area contributed by atoms with E-state index >= 15 is 0 Å². The second-order valence-electron chi connectivity index (χ2n) is 5.81. The van der Waals surface area contributed by atoms with E-state index in [1.54, 1.807) is 30.5 Å². The van der Waals surface area contributed by atoms with E-state index in [1.165, 1.54) is 6.08 Å². The van der Waals surface area contributed by atoms with Crippen LogP contribution in [0.4, 0.5) is 5.69 Å². The van der Waals surface area contributed by atoms with Gasteiger partial charge in [0.15, 0.2) is 5.65 Å². The number of nitrogens with one attached hydrogen (secondary N) is 2. The molecule has 132 valence electrons. The fourth-order valence-electron chi connectivity index (χ4n) is 2.66.